The first-order chi connectivity index (χ1) is 20.1. The van der Waals surface area contributed by atoms with E-state index in [-0.39, 0.29) is 12.3 Å². The number of anilines is 1. The zero-order chi connectivity index (χ0) is 28.3. The van der Waals surface area contributed by atoms with Crippen LogP contribution >= 0.6 is 0 Å². The van der Waals surface area contributed by atoms with Crippen molar-refractivity contribution in [2.45, 2.75) is 38.6 Å². The van der Waals surface area contributed by atoms with Gasteiger partial charge in [0, 0.05) is 36.3 Å². The van der Waals surface area contributed by atoms with E-state index in [2.05, 4.69) is 29.2 Å². The maximum absolute atomic E-state index is 13.0. The van der Waals surface area contributed by atoms with Crippen LogP contribution in [0.4, 0.5) is 5.69 Å². The van der Waals surface area contributed by atoms with Crippen molar-refractivity contribution in [1.82, 2.24) is 14.8 Å². The fourth-order valence-electron chi connectivity index (χ4n) is 5.63. The molecule has 2 aromatic carbocycles. The van der Waals surface area contributed by atoms with Crippen LogP contribution in [0.15, 0.2) is 48.5 Å². The normalized spacial score (nSPS) is 15.5. The number of esters is 1. The topological polar surface area (TPSA) is 87.9 Å². The van der Waals surface area contributed by atoms with Gasteiger partial charge in [-0.05, 0) is 61.2 Å². The van der Waals surface area contributed by atoms with Crippen molar-refractivity contribution in [2.75, 3.05) is 52.0 Å². The number of methoxy groups -OCH3 is 2. The predicted octanol–water partition coefficient (Wildman–Crippen LogP) is 5.44. The SMILES string of the molecule is CCOC(=O)c1cc(-c2ccc(N3CCOCC3)cc2)c2c(C3CCC3)nn(Cc3ccc(OC)cc3OC)c2n1. The van der Waals surface area contributed by atoms with Gasteiger partial charge in [-0.3, -0.25) is 0 Å². The van der Waals surface area contributed by atoms with Gasteiger partial charge >= 0.3 is 5.97 Å². The Balaban J connectivity index is 1.49. The van der Waals surface area contributed by atoms with Gasteiger partial charge < -0.3 is 23.8 Å². The van der Waals surface area contributed by atoms with E-state index in [4.69, 9.17) is 29.0 Å². The van der Waals surface area contributed by atoms with Crippen molar-refractivity contribution in [1.29, 1.82) is 0 Å². The third-order valence-corrected chi connectivity index (χ3v) is 8.07. The van der Waals surface area contributed by atoms with Crippen molar-refractivity contribution in [2.24, 2.45) is 0 Å². The highest BCUT2D eigenvalue weighted by Gasteiger charge is 2.29. The molecule has 6 rings (SSSR count). The zero-order valence-corrected chi connectivity index (χ0v) is 23.9. The molecule has 2 aliphatic rings. The molecule has 1 aliphatic carbocycles. The first-order valence-corrected chi connectivity index (χ1v) is 14.3. The minimum atomic E-state index is -0.444. The Morgan fingerprint density at radius 2 is 1.80 bits per heavy atom. The lowest BCUT2D eigenvalue weighted by Gasteiger charge is -2.29. The summed E-state index contributed by atoms with van der Waals surface area (Å²) < 4.78 is 23.9. The second-order valence-corrected chi connectivity index (χ2v) is 10.5. The molecule has 0 amide bonds. The van der Waals surface area contributed by atoms with Gasteiger partial charge in [-0.2, -0.15) is 5.10 Å². The van der Waals surface area contributed by atoms with Gasteiger partial charge in [0.1, 0.15) is 11.5 Å². The molecule has 4 aromatic rings. The summed E-state index contributed by atoms with van der Waals surface area (Å²) >= 11 is 0. The van der Waals surface area contributed by atoms with E-state index in [9.17, 15) is 4.79 Å². The maximum atomic E-state index is 13.0. The van der Waals surface area contributed by atoms with Crippen LogP contribution in [0.3, 0.4) is 0 Å². The number of aromatic nitrogens is 3. The molecule has 1 saturated carbocycles. The zero-order valence-electron chi connectivity index (χ0n) is 23.9. The van der Waals surface area contributed by atoms with E-state index in [0.29, 0.717) is 23.9 Å². The lowest BCUT2D eigenvalue weighted by Crippen LogP contribution is -2.36. The molecule has 0 bridgehead atoms. The molecule has 2 aromatic heterocycles. The number of morpholine rings is 1. The van der Waals surface area contributed by atoms with E-state index in [0.717, 1.165) is 78.4 Å². The van der Waals surface area contributed by atoms with E-state index in [1.165, 1.54) is 6.42 Å². The van der Waals surface area contributed by atoms with E-state index >= 15 is 0 Å². The van der Waals surface area contributed by atoms with Crippen molar-refractivity contribution in [3.05, 3.63) is 65.5 Å². The number of pyridine rings is 1. The third kappa shape index (κ3) is 5.34. The summed E-state index contributed by atoms with van der Waals surface area (Å²) in [6, 6.07) is 16.2. The molecule has 9 nitrogen and oxygen atoms in total. The molecule has 0 atom stereocenters. The summed E-state index contributed by atoms with van der Waals surface area (Å²) in [6.07, 6.45) is 3.36. The lowest BCUT2D eigenvalue weighted by molar-refractivity contribution is 0.0520. The number of benzene rings is 2. The highest BCUT2D eigenvalue weighted by Crippen LogP contribution is 2.43. The molecule has 0 radical (unpaired) electrons. The van der Waals surface area contributed by atoms with E-state index < -0.39 is 5.97 Å². The molecular weight excluding hydrogens is 520 g/mol. The van der Waals surface area contributed by atoms with Crippen molar-refractivity contribution in [3.63, 3.8) is 0 Å². The van der Waals surface area contributed by atoms with Crippen molar-refractivity contribution < 1.29 is 23.7 Å². The average Bonchev–Trinajstić information content (AvgIpc) is 3.34. The van der Waals surface area contributed by atoms with Crippen molar-refractivity contribution in [3.8, 4) is 22.6 Å². The Labute approximate surface area is 240 Å². The number of carbonyl (C=O) groups excluding carboxylic acids is 1. The highest BCUT2D eigenvalue weighted by atomic mass is 16.5. The largest absolute Gasteiger partial charge is 0.497 e. The molecular formula is C32H36N4O5. The van der Waals surface area contributed by atoms with E-state index in [1.54, 1.807) is 21.1 Å². The van der Waals surface area contributed by atoms with Crippen molar-refractivity contribution >= 4 is 22.7 Å². The summed E-state index contributed by atoms with van der Waals surface area (Å²) in [5.74, 6) is 1.34. The molecule has 0 N–H and O–H groups in total. The summed E-state index contributed by atoms with van der Waals surface area (Å²) in [6.45, 7) is 5.73. The molecule has 0 unspecified atom stereocenters. The Morgan fingerprint density at radius 3 is 2.46 bits per heavy atom. The Morgan fingerprint density at radius 1 is 1.02 bits per heavy atom. The first-order valence-electron chi connectivity index (χ1n) is 14.3. The Hall–Kier alpha value is -4.11. The van der Waals surface area contributed by atoms with Crippen LogP contribution in [0.5, 0.6) is 11.5 Å². The number of ether oxygens (including phenoxy) is 4. The van der Waals surface area contributed by atoms with Crippen LogP contribution in [0, 0.1) is 0 Å². The Kier molecular flexibility index (Phi) is 7.78. The van der Waals surface area contributed by atoms with Gasteiger partial charge in [-0.15, -0.1) is 0 Å². The van der Waals surface area contributed by atoms with E-state index in [1.807, 2.05) is 28.9 Å². The number of hydrogen-bond acceptors (Lipinski definition) is 8. The standard InChI is InChI=1S/C32H36N4O5/c1-4-41-32(37)27-19-26(21-8-11-24(12-9-21)35-14-16-40-17-15-35)29-30(22-6-5-7-22)34-36(31(29)33-27)20-23-10-13-25(38-2)18-28(23)39-3/h8-13,18-19,22H,4-7,14-17,20H2,1-3H3. The number of fused-ring (bicyclic) bond motifs is 1. The summed E-state index contributed by atoms with van der Waals surface area (Å²) in [4.78, 5) is 20.2. The van der Waals surface area contributed by atoms with Gasteiger partial charge in [-0.1, -0.05) is 18.6 Å². The fourth-order valence-corrected chi connectivity index (χ4v) is 5.63. The molecule has 2 fully saturated rings. The molecule has 0 spiro atoms. The number of nitrogens with zero attached hydrogens (tertiary/aromatic N) is 4. The Bertz CT molecular complexity index is 1540. The minimum Gasteiger partial charge on any atom is -0.497 e. The van der Waals surface area contributed by atoms with Gasteiger partial charge in [0.25, 0.3) is 0 Å². The van der Waals surface area contributed by atoms with Crippen LogP contribution in [-0.2, 0) is 16.0 Å². The molecule has 3 heterocycles. The number of carbonyl (C=O) groups is 1. The lowest BCUT2D eigenvalue weighted by atomic mass is 9.81. The second-order valence-electron chi connectivity index (χ2n) is 10.5. The molecule has 1 saturated heterocycles. The quantitative estimate of drug-likeness (QED) is 0.252. The maximum Gasteiger partial charge on any atom is 0.357 e. The van der Waals surface area contributed by atoms with Crippen LogP contribution in [0.2, 0.25) is 0 Å². The number of rotatable bonds is 9. The smallest absolute Gasteiger partial charge is 0.357 e. The molecule has 1 aliphatic heterocycles. The highest BCUT2D eigenvalue weighted by molar-refractivity contribution is 6.00. The number of hydrogen-bond donors (Lipinski definition) is 0. The molecule has 9 heteroatoms. The summed E-state index contributed by atoms with van der Waals surface area (Å²) in [5.41, 5.74) is 6.04. The van der Waals surface area contributed by atoms with Gasteiger partial charge in [0.05, 0.1) is 51.7 Å². The minimum absolute atomic E-state index is 0.273. The van der Waals surface area contributed by atoms with Gasteiger partial charge in [-0.25, -0.2) is 14.5 Å². The first kappa shape index (κ1) is 27.1. The predicted molar refractivity (Wildman–Crippen MR) is 157 cm³/mol. The summed E-state index contributed by atoms with van der Waals surface area (Å²) in [5, 5.41) is 6.14. The third-order valence-electron chi connectivity index (χ3n) is 8.07. The van der Waals surface area contributed by atoms with Gasteiger partial charge in [0.15, 0.2) is 11.3 Å². The van der Waals surface area contributed by atoms with Crippen LogP contribution in [-0.4, -0.2) is 67.9 Å². The summed E-state index contributed by atoms with van der Waals surface area (Å²) in [7, 11) is 3.28. The van der Waals surface area contributed by atoms with Gasteiger partial charge in [0.2, 0.25) is 0 Å². The van der Waals surface area contributed by atoms with Crippen LogP contribution in [0.1, 0.15) is 53.8 Å². The van der Waals surface area contributed by atoms with Crippen LogP contribution < -0.4 is 14.4 Å². The molecule has 214 valence electrons. The van der Waals surface area contributed by atoms with Crippen LogP contribution in [0.25, 0.3) is 22.2 Å². The molecule has 41 heavy (non-hydrogen) atoms. The average molecular weight is 557 g/mol. The monoisotopic (exact) mass is 556 g/mol. The second kappa shape index (κ2) is 11.8. The fraction of sp³-hybridized carbons (Fsp3) is 0.406.